The molecule has 0 aliphatic heterocycles. The van der Waals surface area contributed by atoms with Gasteiger partial charge in [0.2, 0.25) is 0 Å². The molecule has 3 heteroatoms. The first-order chi connectivity index (χ1) is 6.63. The van der Waals surface area contributed by atoms with Crippen LogP contribution in [-0.2, 0) is 6.42 Å². The van der Waals surface area contributed by atoms with Crippen molar-refractivity contribution in [2.45, 2.75) is 25.9 Å². The molecule has 0 heterocycles. The number of aryl methyl sites for hydroxylation is 2. The quantitative estimate of drug-likeness (QED) is 0.768. The van der Waals surface area contributed by atoms with E-state index in [9.17, 15) is 4.39 Å². The van der Waals surface area contributed by atoms with Crippen molar-refractivity contribution in [3.63, 3.8) is 0 Å². The molecular weight excluding hydrogens is 183 g/mol. The summed E-state index contributed by atoms with van der Waals surface area (Å²) in [6.45, 7) is 1.49. The molecule has 0 spiro atoms. The Morgan fingerprint density at radius 1 is 1.43 bits per heavy atom. The minimum atomic E-state index is -0.680. The van der Waals surface area contributed by atoms with Crippen molar-refractivity contribution in [3.8, 4) is 0 Å². The second-order valence-electron chi connectivity index (χ2n) is 3.46. The van der Waals surface area contributed by atoms with E-state index in [0.717, 1.165) is 5.56 Å². The van der Waals surface area contributed by atoms with Crippen molar-refractivity contribution < 1.29 is 14.6 Å². The Labute approximate surface area is 83.0 Å². The maximum Gasteiger partial charge on any atom is 0.126 e. The summed E-state index contributed by atoms with van der Waals surface area (Å²) < 4.78 is 12.9. The van der Waals surface area contributed by atoms with Gasteiger partial charge in [-0.2, -0.15) is 0 Å². The molecular formula is C11H15FO2. The highest BCUT2D eigenvalue weighted by Gasteiger charge is 2.03. The molecule has 0 saturated carbocycles. The number of halogens is 1. The smallest absolute Gasteiger partial charge is 0.126 e. The van der Waals surface area contributed by atoms with E-state index in [1.807, 2.05) is 0 Å². The molecule has 0 saturated heterocycles. The van der Waals surface area contributed by atoms with Gasteiger partial charge in [-0.15, -0.1) is 0 Å². The van der Waals surface area contributed by atoms with E-state index in [2.05, 4.69) is 0 Å². The number of rotatable bonds is 4. The van der Waals surface area contributed by atoms with Crippen molar-refractivity contribution >= 4 is 0 Å². The summed E-state index contributed by atoms with van der Waals surface area (Å²) >= 11 is 0. The van der Waals surface area contributed by atoms with Gasteiger partial charge >= 0.3 is 0 Å². The summed E-state index contributed by atoms with van der Waals surface area (Å²) in [5.74, 6) is -0.212. The summed E-state index contributed by atoms with van der Waals surface area (Å²) in [7, 11) is 0. The van der Waals surface area contributed by atoms with Crippen LogP contribution in [0.1, 0.15) is 17.5 Å². The van der Waals surface area contributed by atoms with Gasteiger partial charge in [-0.25, -0.2) is 4.39 Å². The third kappa shape index (κ3) is 3.09. The molecule has 2 nitrogen and oxygen atoms in total. The Hall–Kier alpha value is -0.930. The molecule has 14 heavy (non-hydrogen) atoms. The van der Waals surface area contributed by atoms with Crippen LogP contribution >= 0.6 is 0 Å². The summed E-state index contributed by atoms with van der Waals surface area (Å²) in [4.78, 5) is 0. The van der Waals surface area contributed by atoms with Crippen molar-refractivity contribution in [3.05, 3.63) is 35.1 Å². The topological polar surface area (TPSA) is 40.5 Å². The lowest BCUT2D eigenvalue weighted by Crippen LogP contribution is -2.12. The summed E-state index contributed by atoms with van der Waals surface area (Å²) in [5, 5.41) is 17.7. The summed E-state index contributed by atoms with van der Waals surface area (Å²) in [6, 6.07) is 4.89. The van der Waals surface area contributed by atoms with Crippen molar-refractivity contribution in [2.24, 2.45) is 0 Å². The van der Waals surface area contributed by atoms with Gasteiger partial charge in [0.05, 0.1) is 12.7 Å². The van der Waals surface area contributed by atoms with E-state index in [-0.39, 0.29) is 12.4 Å². The lowest BCUT2D eigenvalue weighted by molar-refractivity contribution is 0.0886. The largest absolute Gasteiger partial charge is 0.394 e. The number of aliphatic hydroxyl groups is 2. The van der Waals surface area contributed by atoms with Gasteiger partial charge in [-0.3, -0.25) is 0 Å². The zero-order chi connectivity index (χ0) is 10.6. The van der Waals surface area contributed by atoms with Gasteiger partial charge in [-0.1, -0.05) is 12.1 Å². The number of hydrogen-bond donors (Lipinski definition) is 2. The van der Waals surface area contributed by atoms with Crippen LogP contribution in [0.2, 0.25) is 0 Å². The number of hydrogen-bond acceptors (Lipinski definition) is 2. The van der Waals surface area contributed by atoms with Crippen LogP contribution in [0.4, 0.5) is 4.39 Å². The van der Waals surface area contributed by atoms with Gasteiger partial charge in [0.25, 0.3) is 0 Å². The lowest BCUT2D eigenvalue weighted by atomic mass is 10.0. The molecule has 0 aliphatic carbocycles. The highest BCUT2D eigenvalue weighted by atomic mass is 19.1. The molecule has 0 radical (unpaired) electrons. The number of aliphatic hydroxyl groups excluding tert-OH is 2. The van der Waals surface area contributed by atoms with Crippen LogP contribution in [0.5, 0.6) is 0 Å². The minimum absolute atomic E-state index is 0.212. The standard InChI is InChI=1S/C11H15FO2/c1-8-6-9(3-5-11(8)12)2-4-10(14)7-13/h3,5-6,10,13-14H,2,4,7H2,1H3. The SMILES string of the molecule is Cc1cc(CCC(O)CO)ccc1F. The maximum atomic E-state index is 12.9. The molecule has 0 aromatic heterocycles. The first-order valence-corrected chi connectivity index (χ1v) is 4.67. The van der Waals surface area contributed by atoms with E-state index in [1.165, 1.54) is 6.07 Å². The highest BCUT2D eigenvalue weighted by molar-refractivity contribution is 5.23. The Morgan fingerprint density at radius 3 is 2.71 bits per heavy atom. The molecule has 0 amide bonds. The first-order valence-electron chi connectivity index (χ1n) is 4.67. The van der Waals surface area contributed by atoms with Crippen molar-refractivity contribution in [2.75, 3.05) is 6.61 Å². The van der Waals surface area contributed by atoms with Crippen LogP contribution in [0, 0.1) is 12.7 Å². The van der Waals surface area contributed by atoms with Crippen LogP contribution < -0.4 is 0 Å². The van der Waals surface area contributed by atoms with Crippen molar-refractivity contribution in [1.82, 2.24) is 0 Å². The molecule has 0 aliphatic rings. The molecule has 2 N–H and O–H groups in total. The Kier molecular flexibility index (Phi) is 4.04. The molecule has 78 valence electrons. The fourth-order valence-corrected chi connectivity index (χ4v) is 1.29. The predicted molar refractivity (Wildman–Crippen MR) is 52.6 cm³/mol. The average molecular weight is 198 g/mol. The van der Waals surface area contributed by atoms with Crippen LogP contribution in [-0.4, -0.2) is 22.9 Å². The monoisotopic (exact) mass is 198 g/mol. The number of benzene rings is 1. The van der Waals surface area contributed by atoms with Crippen LogP contribution in [0.25, 0.3) is 0 Å². The molecule has 0 fully saturated rings. The maximum absolute atomic E-state index is 12.9. The van der Waals surface area contributed by atoms with E-state index in [0.29, 0.717) is 18.4 Å². The van der Waals surface area contributed by atoms with E-state index < -0.39 is 6.10 Å². The summed E-state index contributed by atoms with van der Waals surface area (Å²) in [6.07, 6.45) is 0.477. The molecule has 1 rings (SSSR count). The average Bonchev–Trinajstić information content (AvgIpc) is 2.19. The van der Waals surface area contributed by atoms with Gasteiger partial charge in [0.1, 0.15) is 5.82 Å². The Morgan fingerprint density at radius 2 is 2.14 bits per heavy atom. The zero-order valence-electron chi connectivity index (χ0n) is 8.20. The fourth-order valence-electron chi connectivity index (χ4n) is 1.29. The fraction of sp³-hybridized carbons (Fsp3) is 0.455. The first kappa shape index (κ1) is 11.1. The van der Waals surface area contributed by atoms with Gasteiger partial charge in [0.15, 0.2) is 0 Å². The highest BCUT2D eigenvalue weighted by Crippen LogP contribution is 2.11. The molecule has 1 atom stereocenters. The second-order valence-corrected chi connectivity index (χ2v) is 3.46. The second kappa shape index (κ2) is 5.08. The van der Waals surface area contributed by atoms with E-state index in [1.54, 1.807) is 19.1 Å². The van der Waals surface area contributed by atoms with E-state index >= 15 is 0 Å². The summed E-state index contributed by atoms with van der Waals surface area (Å²) in [5.41, 5.74) is 1.59. The predicted octanol–water partition coefficient (Wildman–Crippen LogP) is 1.42. The minimum Gasteiger partial charge on any atom is -0.394 e. The van der Waals surface area contributed by atoms with Gasteiger partial charge < -0.3 is 10.2 Å². The van der Waals surface area contributed by atoms with Crippen molar-refractivity contribution in [1.29, 1.82) is 0 Å². The van der Waals surface area contributed by atoms with E-state index in [4.69, 9.17) is 10.2 Å². The Balaban J connectivity index is 2.55. The lowest BCUT2D eigenvalue weighted by Gasteiger charge is -2.07. The molecule has 1 unspecified atom stereocenters. The molecule has 1 aromatic rings. The van der Waals surface area contributed by atoms with Crippen LogP contribution in [0.3, 0.4) is 0 Å². The third-order valence-corrected chi connectivity index (χ3v) is 2.20. The van der Waals surface area contributed by atoms with Crippen LogP contribution in [0.15, 0.2) is 18.2 Å². The molecule has 0 bridgehead atoms. The molecule has 1 aromatic carbocycles. The normalized spacial score (nSPS) is 12.9. The van der Waals surface area contributed by atoms with Gasteiger partial charge in [-0.05, 0) is 37.0 Å². The Bertz CT molecular complexity index is 299. The third-order valence-electron chi connectivity index (χ3n) is 2.20. The van der Waals surface area contributed by atoms with Gasteiger partial charge in [0, 0.05) is 0 Å². The zero-order valence-corrected chi connectivity index (χ0v) is 8.20.